The Balaban J connectivity index is 2.78. The van der Waals surface area contributed by atoms with E-state index in [1.165, 1.54) is 5.56 Å². The molecule has 0 saturated heterocycles. The van der Waals surface area contributed by atoms with Gasteiger partial charge in [-0.1, -0.05) is 45.0 Å². The van der Waals surface area contributed by atoms with Crippen molar-refractivity contribution in [3.8, 4) is 0 Å². The summed E-state index contributed by atoms with van der Waals surface area (Å²) in [5.41, 5.74) is 7.84. The van der Waals surface area contributed by atoms with Crippen molar-refractivity contribution in [1.29, 1.82) is 0 Å². The van der Waals surface area contributed by atoms with E-state index in [-0.39, 0.29) is 12.0 Å². The zero-order valence-corrected chi connectivity index (χ0v) is 10.7. The van der Waals surface area contributed by atoms with Gasteiger partial charge in [-0.05, 0) is 23.0 Å². The lowest BCUT2D eigenvalue weighted by Crippen LogP contribution is -2.25. The van der Waals surface area contributed by atoms with E-state index in [0.717, 1.165) is 5.56 Å². The van der Waals surface area contributed by atoms with Gasteiger partial charge in [0.1, 0.15) is 0 Å². The Labute approximate surface area is 103 Å². The molecule has 1 unspecified atom stereocenters. The number of carbonyl (C=O) groups is 1. The molecule has 0 aliphatic rings. The summed E-state index contributed by atoms with van der Waals surface area (Å²) in [6.07, 6.45) is 0.496. The summed E-state index contributed by atoms with van der Waals surface area (Å²) in [6, 6.07) is 8.11. The summed E-state index contributed by atoms with van der Waals surface area (Å²) in [7, 11) is 0. The first kappa shape index (κ1) is 13.7. The van der Waals surface area contributed by atoms with Gasteiger partial charge in [-0.25, -0.2) is 0 Å². The van der Waals surface area contributed by atoms with Crippen LogP contribution in [0.25, 0.3) is 0 Å². The van der Waals surface area contributed by atoms with E-state index in [9.17, 15) is 4.79 Å². The Morgan fingerprint density at radius 2 is 1.82 bits per heavy atom. The van der Waals surface area contributed by atoms with Gasteiger partial charge in [-0.2, -0.15) is 0 Å². The number of hydrogen-bond acceptors (Lipinski definition) is 2. The minimum atomic E-state index is -0.826. The van der Waals surface area contributed by atoms with E-state index in [1.54, 1.807) is 0 Å². The van der Waals surface area contributed by atoms with E-state index in [2.05, 4.69) is 32.9 Å². The van der Waals surface area contributed by atoms with Gasteiger partial charge in [-0.15, -0.1) is 0 Å². The molecule has 0 aliphatic heterocycles. The molecule has 0 saturated carbocycles. The topological polar surface area (TPSA) is 63.3 Å². The average molecular weight is 235 g/mol. The van der Waals surface area contributed by atoms with Crippen LogP contribution in [0.3, 0.4) is 0 Å². The fourth-order valence-electron chi connectivity index (χ4n) is 1.70. The van der Waals surface area contributed by atoms with Gasteiger partial charge in [0.15, 0.2) is 0 Å². The first-order chi connectivity index (χ1) is 7.84. The van der Waals surface area contributed by atoms with Crippen LogP contribution in [0.4, 0.5) is 0 Å². The molecule has 17 heavy (non-hydrogen) atoms. The summed E-state index contributed by atoms with van der Waals surface area (Å²) in [6.45, 7) is 6.64. The normalized spacial score (nSPS) is 13.4. The maximum absolute atomic E-state index is 10.9. The Bertz CT molecular complexity index is 376. The molecule has 3 nitrogen and oxygen atoms in total. The molecule has 1 aromatic carbocycles. The fourth-order valence-corrected chi connectivity index (χ4v) is 1.70. The van der Waals surface area contributed by atoms with Crippen molar-refractivity contribution in [3.63, 3.8) is 0 Å². The molecular formula is C14H21NO2. The highest BCUT2D eigenvalue weighted by molar-refractivity contribution is 5.70. The maximum atomic E-state index is 10.9. The highest BCUT2D eigenvalue weighted by Gasteiger charge is 2.17. The third-order valence-corrected chi connectivity index (χ3v) is 2.94. The van der Waals surface area contributed by atoms with Crippen LogP contribution in [0.2, 0.25) is 0 Å². The number of carboxylic acid groups (broad SMARTS) is 1. The Hall–Kier alpha value is -1.35. The van der Waals surface area contributed by atoms with E-state index in [4.69, 9.17) is 10.8 Å². The summed E-state index contributed by atoms with van der Waals surface area (Å²) in [4.78, 5) is 10.9. The summed E-state index contributed by atoms with van der Waals surface area (Å²) in [5, 5.41) is 8.94. The smallest absolute Gasteiger partial charge is 0.308 e. The summed E-state index contributed by atoms with van der Waals surface area (Å²) >= 11 is 0. The van der Waals surface area contributed by atoms with Gasteiger partial charge < -0.3 is 10.8 Å². The highest BCUT2D eigenvalue weighted by atomic mass is 16.4. The molecule has 0 radical (unpaired) electrons. The second-order valence-electron chi connectivity index (χ2n) is 5.42. The molecule has 1 atom stereocenters. The predicted molar refractivity (Wildman–Crippen MR) is 69.0 cm³/mol. The molecule has 0 spiro atoms. The SMILES string of the molecule is CC(C)(C)c1ccc(CC(CN)C(=O)O)cc1. The van der Waals surface area contributed by atoms with Crippen molar-refractivity contribution < 1.29 is 9.90 Å². The zero-order chi connectivity index (χ0) is 13.1. The van der Waals surface area contributed by atoms with Gasteiger partial charge in [0.05, 0.1) is 5.92 Å². The van der Waals surface area contributed by atoms with Crippen molar-refractivity contribution in [3.05, 3.63) is 35.4 Å². The molecular weight excluding hydrogens is 214 g/mol. The largest absolute Gasteiger partial charge is 0.481 e. The van der Waals surface area contributed by atoms with Gasteiger partial charge in [0, 0.05) is 6.54 Å². The van der Waals surface area contributed by atoms with Crippen molar-refractivity contribution in [2.75, 3.05) is 6.54 Å². The molecule has 0 heterocycles. The lowest BCUT2D eigenvalue weighted by molar-refractivity contribution is -0.141. The minimum absolute atomic E-state index is 0.124. The van der Waals surface area contributed by atoms with Crippen LogP contribution in [-0.2, 0) is 16.6 Å². The quantitative estimate of drug-likeness (QED) is 0.840. The van der Waals surface area contributed by atoms with Crippen LogP contribution >= 0.6 is 0 Å². The van der Waals surface area contributed by atoms with Gasteiger partial charge in [-0.3, -0.25) is 4.79 Å². The predicted octanol–water partition coefficient (Wildman–Crippen LogP) is 2.19. The van der Waals surface area contributed by atoms with E-state index >= 15 is 0 Å². The lowest BCUT2D eigenvalue weighted by atomic mass is 9.86. The van der Waals surface area contributed by atoms with Gasteiger partial charge >= 0.3 is 5.97 Å². The van der Waals surface area contributed by atoms with Crippen LogP contribution in [-0.4, -0.2) is 17.6 Å². The molecule has 0 amide bonds. The van der Waals surface area contributed by atoms with E-state index < -0.39 is 11.9 Å². The van der Waals surface area contributed by atoms with Crippen molar-refractivity contribution in [2.24, 2.45) is 11.7 Å². The van der Waals surface area contributed by atoms with Gasteiger partial charge in [0.25, 0.3) is 0 Å². The molecule has 0 bridgehead atoms. The standard InChI is InChI=1S/C14H21NO2/c1-14(2,3)12-6-4-10(5-7-12)8-11(9-15)13(16)17/h4-7,11H,8-9,15H2,1-3H3,(H,16,17). The first-order valence-corrected chi connectivity index (χ1v) is 5.87. The van der Waals surface area contributed by atoms with E-state index in [1.807, 2.05) is 12.1 Å². The van der Waals surface area contributed by atoms with Crippen molar-refractivity contribution >= 4 is 5.97 Å². The molecule has 0 aromatic heterocycles. The molecule has 0 fully saturated rings. The summed E-state index contributed by atoms with van der Waals surface area (Å²) in [5.74, 6) is -1.32. The Morgan fingerprint density at radius 3 is 2.18 bits per heavy atom. The second-order valence-corrected chi connectivity index (χ2v) is 5.42. The number of hydrogen-bond donors (Lipinski definition) is 2. The van der Waals surface area contributed by atoms with Crippen molar-refractivity contribution in [1.82, 2.24) is 0 Å². The monoisotopic (exact) mass is 235 g/mol. The molecule has 1 aromatic rings. The Kier molecular flexibility index (Phi) is 4.29. The van der Waals surface area contributed by atoms with Crippen LogP contribution < -0.4 is 5.73 Å². The maximum Gasteiger partial charge on any atom is 0.308 e. The van der Waals surface area contributed by atoms with Crippen molar-refractivity contribution in [2.45, 2.75) is 32.6 Å². The first-order valence-electron chi connectivity index (χ1n) is 5.87. The molecule has 1 rings (SSSR count). The zero-order valence-electron chi connectivity index (χ0n) is 10.7. The molecule has 94 valence electrons. The van der Waals surface area contributed by atoms with E-state index in [0.29, 0.717) is 6.42 Å². The van der Waals surface area contributed by atoms with Crippen LogP contribution in [0.15, 0.2) is 24.3 Å². The summed E-state index contributed by atoms with van der Waals surface area (Å²) < 4.78 is 0. The fraction of sp³-hybridized carbons (Fsp3) is 0.500. The number of nitrogens with two attached hydrogens (primary N) is 1. The molecule has 3 N–H and O–H groups in total. The van der Waals surface area contributed by atoms with Gasteiger partial charge in [0.2, 0.25) is 0 Å². The Morgan fingerprint density at radius 1 is 1.29 bits per heavy atom. The highest BCUT2D eigenvalue weighted by Crippen LogP contribution is 2.22. The number of carboxylic acids is 1. The number of rotatable bonds is 4. The van der Waals surface area contributed by atoms with Crippen LogP contribution in [0.5, 0.6) is 0 Å². The average Bonchev–Trinajstić information content (AvgIpc) is 2.25. The van der Waals surface area contributed by atoms with Crippen LogP contribution in [0, 0.1) is 5.92 Å². The third kappa shape index (κ3) is 3.86. The lowest BCUT2D eigenvalue weighted by Gasteiger charge is -2.19. The van der Waals surface area contributed by atoms with Crippen LogP contribution in [0.1, 0.15) is 31.9 Å². The molecule has 0 aliphatic carbocycles. The third-order valence-electron chi connectivity index (χ3n) is 2.94. The number of aliphatic carboxylic acids is 1. The second kappa shape index (κ2) is 5.32. The minimum Gasteiger partial charge on any atom is -0.481 e. The number of benzene rings is 1. The molecule has 3 heteroatoms.